The lowest BCUT2D eigenvalue weighted by Gasteiger charge is -2.49. The summed E-state index contributed by atoms with van der Waals surface area (Å²) in [6.07, 6.45) is 3.72. The molecule has 96 valence electrons. The molecule has 0 aromatic heterocycles. The summed E-state index contributed by atoms with van der Waals surface area (Å²) in [7, 11) is 3.98. The van der Waals surface area contributed by atoms with Crippen LogP contribution in [-0.2, 0) is 4.74 Å². The normalized spacial score (nSPS) is 21.2. The molecule has 0 bridgehead atoms. The molecule has 0 aromatic carbocycles. The molecule has 0 heterocycles. The monoisotopic (exact) mass is 228 g/mol. The third-order valence-electron chi connectivity index (χ3n) is 4.53. The second-order valence-electron chi connectivity index (χ2n) is 5.74. The van der Waals surface area contributed by atoms with Gasteiger partial charge in [-0.25, -0.2) is 0 Å². The van der Waals surface area contributed by atoms with Gasteiger partial charge in [-0.1, -0.05) is 6.92 Å². The lowest BCUT2D eigenvalue weighted by Crippen LogP contribution is -2.63. The van der Waals surface area contributed by atoms with E-state index < -0.39 is 0 Å². The molecule has 1 rings (SSSR count). The number of ether oxygens (including phenoxy) is 1. The zero-order valence-corrected chi connectivity index (χ0v) is 11.5. The SMILES string of the molecule is CCC(C)(C)N(C)C(CN)(COC)C1CC1. The highest BCUT2D eigenvalue weighted by molar-refractivity contribution is 5.06. The van der Waals surface area contributed by atoms with Crippen LogP contribution in [0.3, 0.4) is 0 Å². The van der Waals surface area contributed by atoms with Crippen LogP contribution in [0.1, 0.15) is 40.0 Å². The fourth-order valence-electron chi connectivity index (χ4n) is 2.56. The molecule has 1 atom stereocenters. The molecule has 0 saturated heterocycles. The molecule has 0 radical (unpaired) electrons. The molecular weight excluding hydrogens is 200 g/mol. The van der Waals surface area contributed by atoms with Crippen molar-refractivity contribution >= 4 is 0 Å². The summed E-state index contributed by atoms with van der Waals surface area (Å²) in [6, 6.07) is 0. The smallest absolute Gasteiger partial charge is 0.0661 e. The van der Waals surface area contributed by atoms with Crippen molar-refractivity contribution in [3.05, 3.63) is 0 Å². The van der Waals surface area contributed by atoms with Crippen LogP contribution in [0.25, 0.3) is 0 Å². The van der Waals surface area contributed by atoms with Gasteiger partial charge in [-0.05, 0) is 46.1 Å². The average molecular weight is 228 g/mol. The van der Waals surface area contributed by atoms with Crippen molar-refractivity contribution in [1.82, 2.24) is 4.90 Å². The van der Waals surface area contributed by atoms with E-state index in [4.69, 9.17) is 10.5 Å². The van der Waals surface area contributed by atoms with E-state index in [2.05, 4.69) is 32.7 Å². The Bertz CT molecular complexity index is 226. The maximum atomic E-state index is 6.07. The number of nitrogens with zero attached hydrogens (tertiary/aromatic N) is 1. The molecular formula is C13H28N2O. The van der Waals surface area contributed by atoms with Gasteiger partial charge >= 0.3 is 0 Å². The van der Waals surface area contributed by atoms with Crippen LogP contribution < -0.4 is 5.73 Å². The number of hydrogen-bond donors (Lipinski definition) is 1. The molecule has 0 aliphatic heterocycles. The van der Waals surface area contributed by atoms with Gasteiger partial charge in [0.05, 0.1) is 12.1 Å². The topological polar surface area (TPSA) is 38.5 Å². The lowest BCUT2D eigenvalue weighted by atomic mass is 9.86. The minimum absolute atomic E-state index is 0.0360. The summed E-state index contributed by atoms with van der Waals surface area (Å²) >= 11 is 0. The van der Waals surface area contributed by atoms with Crippen LogP contribution in [0.15, 0.2) is 0 Å². The second kappa shape index (κ2) is 5.03. The summed E-state index contributed by atoms with van der Waals surface area (Å²) in [6.45, 7) is 8.24. The van der Waals surface area contributed by atoms with E-state index in [1.54, 1.807) is 7.11 Å². The molecule has 1 aliphatic carbocycles. The van der Waals surface area contributed by atoms with Crippen LogP contribution >= 0.6 is 0 Å². The van der Waals surface area contributed by atoms with Gasteiger partial charge in [0.1, 0.15) is 0 Å². The Morgan fingerprint density at radius 2 is 1.94 bits per heavy atom. The van der Waals surface area contributed by atoms with Crippen molar-refractivity contribution in [1.29, 1.82) is 0 Å². The molecule has 1 aliphatic rings. The van der Waals surface area contributed by atoms with Gasteiger partial charge in [-0.2, -0.15) is 0 Å². The van der Waals surface area contributed by atoms with Crippen LogP contribution in [0.5, 0.6) is 0 Å². The zero-order valence-electron chi connectivity index (χ0n) is 11.5. The molecule has 0 amide bonds. The Morgan fingerprint density at radius 1 is 1.38 bits per heavy atom. The van der Waals surface area contributed by atoms with E-state index in [-0.39, 0.29) is 11.1 Å². The number of likely N-dealkylation sites (N-methyl/N-ethyl adjacent to an activating group) is 1. The van der Waals surface area contributed by atoms with Gasteiger partial charge in [0.2, 0.25) is 0 Å². The zero-order chi connectivity index (χ0) is 12.4. The first kappa shape index (κ1) is 13.9. The molecule has 1 fully saturated rings. The van der Waals surface area contributed by atoms with E-state index in [1.165, 1.54) is 12.8 Å². The van der Waals surface area contributed by atoms with Crippen molar-refractivity contribution in [2.75, 3.05) is 27.3 Å². The number of hydrogen-bond acceptors (Lipinski definition) is 3. The highest BCUT2D eigenvalue weighted by Crippen LogP contribution is 2.45. The summed E-state index contributed by atoms with van der Waals surface area (Å²) < 4.78 is 5.44. The molecule has 3 heteroatoms. The van der Waals surface area contributed by atoms with Crippen LogP contribution in [-0.4, -0.2) is 43.3 Å². The van der Waals surface area contributed by atoms with Gasteiger partial charge in [0.15, 0.2) is 0 Å². The van der Waals surface area contributed by atoms with Crippen molar-refractivity contribution in [2.24, 2.45) is 11.7 Å². The largest absolute Gasteiger partial charge is 0.383 e. The van der Waals surface area contributed by atoms with E-state index in [9.17, 15) is 0 Å². The second-order valence-corrected chi connectivity index (χ2v) is 5.74. The minimum Gasteiger partial charge on any atom is -0.383 e. The summed E-state index contributed by atoms with van der Waals surface area (Å²) in [5.74, 6) is 0.716. The highest BCUT2D eigenvalue weighted by atomic mass is 16.5. The Hall–Kier alpha value is -0.120. The Balaban J connectivity index is 2.90. The van der Waals surface area contributed by atoms with Crippen molar-refractivity contribution in [3.63, 3.8) is 0 Å². The van der Waals surface area contributed by atoms with E-state index in [1.807, 2.05) is 0 Å². The first-order valence-corrected chi connectivity index (χ1v) is 6.37. The van der Waals surface area contributed by atoms with E-state index in [0.29, 0.717) is 12.5 Å². The van der Waals surface area contributed by atoms with Gasteiger partial charge in [-0.15, -0.1) is 0 Å². The van der Waals surface area contributed by atoms with Crippen molar-refractivity contribution < 1.29 is 4.74 Å². The first-order valence-electron chi connectivity index (χ1n) is 6.37. The van der Waals surface area contributed by atoms with E-state index in [0.717, 1.165) is 13.0 Å². The van der Waals surface area contributed by atoms with Crippen molar-refractivity contribution in [2.45, 2.75) is 51.1 Å². The third kappa shape index (κ3) is 2.41. The van der Waals surface area contributed by atoms with Crippen LogP contribution in [0, 0.1) is 5.92 Å². The molecule has 0 spiro atoms. The fourth-order valence-corrected chi connectivity index (χ4v) is 2.56. The predicted molar refractivity (Wildman–Crippen MR) is 68.5 cm³/mol. The number of nitrogens with two attached hydrogens (primary N) is 1. The van der Waals surface area contributed by atoms with E-state index >= 15 is 0 Å². The number of methoxy groups -OCH3 is 1. The lowest BCUT2D eigenvalue weighted by molar-refractivity contribution is -0.0401. The maximum Gasteiger partial charge on any atom is 0.0661 e. The summed E-state index contributed by atoms with van der Waals surface area (Å²) in [4.78, 5) is 2.46. The standard InChI is InChI=1S/C13H28N2O/c1-6-12(2,3)15(4)13(9-14,10-16-5)11-7-8-11/h11H,6-10,14H2,1-5H3. The van der Waals surface area contributed by atoms with Gasteiger partial charge < -0.3 is 10.5 Å². The molecule has 16 heavy (non-hydrogen) atoms. The molecule has 1 saturated carbocycles. The summed E-state index contributed by atoms with van der Waals surface area (Å²) in [5.41, 5.74) is 6.28. The number of rotatable bonds is 7. The van der Waals surface area contributed by atoms with Gasteiger partial charge in [0.25, 0.3) is 0 Å². The molecule has 1 unspecified atom stereocenters. The minimum atomic E-state index is 0.0360. The predicted octanol–water partition coefficient (Wildman–Crippen LogP) is 1.86. The average Bonchev–Trinajstić information content (AvgIpc) is 3.09. The van der Waals surface area contributed by atoms with Crippen molar-refractivity contribution in [3.8, 4) is 0 Å². The Labute approximate surface area is 100 Å². The maximum absolute atomic E-state index is 6.07. The van der Waals surface area contributed by atoms with Gasteiger partial charge in [-0.3, -0.25) is 4.90 Å². The van der Waals surface area contributed by atoms with Crippen LogP contribution in [0.2, 0.25) is 0 Å². The third-order valence-corrected chi connectivity index (χ3v) is 4.53. The van der Waals surface area contributed by atoms with Gasteiger partial charge in [0, 0.05) is 19.2 Å². The van der Waals surface area contributed by atoms with Crippen LogP contribution in [0.4, 0.5) is 0 Å². The Kier molecular flexibility index (Phi) is 4.38. The molecule has 2 N–H and O–H groups in total. The molecule has 3 nitrogen and oxygen atoms in total. The Morgan fingerprint density at radius 3 is 2.25 bits per heavy atom. The molecule has 0 aromatic rings. The summed E-state index contributed by atoms with van der Waals surface area (Å²) in [5, 5.41) is 0. The quantitative estimate of drug-likeness (QED) is 0.723. The fraction of sp³-hybridized carbons (Fsp3) is 1.00. The first-order chi connectivity index (χ1) is 7.44. The highest BCUT2D eigenvalue weighted by Gasteiger charge is 2.50.